The normalized spacial score (nSPS) is 12.4. The lowest BCUT2D eigenvalue weighted by Gasteiger charge is -2.22. The first-order valence-electron chi connectivity index (χ1n) is 7.65. The van der Waals surface area contributed by atoms with E-state index in [1.165, 1.54) is 28.8 Å². The molecule has 0 aliphatic heterocycles. The Labute approximate surface area is 127 Å². The summed E-state index contributed by atoms with van der Waals surface area (Å²) in [5.74, 6) is -0.177. The predicted octanol–water partition coefficient (Wildman–Crippen LogP) is 4.73. The molecule has 2 heteroatoms. The van der Waals surface area contributed by atoms with Gasteiger partial charge in [-0.3, -0.25) is 0 Å². The summed E-state index contributed by atoms with van der Waals surface area (Å²) in [6.45, 7) is 7.48. The lowest BCUT2D eigenvalue weighted by Crippen LogP contribution is -2.25. The van der Waals surface area contributed by atoms with Crippen LogP contribution in [-0.4, -0.2) is 6.54 Å². The maximum Gasteiger partial charge on any atom is 0.123 e. The fourth-order valence-electron chi connectivity index (χ4n) is 2.62. The fourth-order valence-corrected chi connectivity index (χ4v) is 2.62. The molecule has 0 aliphatic carbocycles. The minimum Gasteiger partial charge on any atom is -0.310 e. The van der Waals surface area contributed by atoms with Gasteiger partial charge in [0, 0.05) is 6.04 Å². The zero-order valence-corrected chi connectivity index (χ0v) is 13.1. The summed E-state index contributed by atoms with van der Waals surface area (Å²) < 4.78 is 13.1. The van der Waals surface area contributed by atoms with Gasteiger partial charge in [-0.2, -0.15) is 0 Å². The minimum atomic E-state index is -0.177. The van der Waals surface area contributed by atoms with Crippen LogP contribution in [0.5, 0.6) is 0 Å². The van der Waals surface area contributed by atoms with E-state index in [4.69, 9.17) is 0 Å². The van der Waals surface area contributed by atoms with Crippen molar-refractivity contribution >= 4 is 0 Å². The van der Waals surface area contributed by atoms with E-state index in [0.717, 1.165) is 24.9 Å². The van der Waals surface area contributed by atoms with Crippen LogP contribution >= 0.6 is 0 Å². The molecule has 112 valence electrons. The number of benzene rings is 2. The molecule has 1 atom stereocenters. The third kappa shape index (κ3) is 4.15. The first-order valence-corrected chi connectivity index (χ1v) is 7.65. The number of hydrogen-bond donors (Lipinski definition) is 1. The van der Waals surface area contributed by atoms with E-state index in [1.807, 2.05) is 12.1 Å². The van der Waals surface area contributed by atoms with Gasteiger partial charge in [0.05, 0.1) is 0 Å². The Kier molecular flexibility index (Phi) is 5.51. The zero-order chi connectivity index (χ0) is 15.2. The van der Waals surface area contributed by atoms with E-state index < -0.39 is 0 Å². The molecule has 0 saturated carbocycles. The number of nitrogens with one attached hydrogen (secondary N) is 1. The van der Waals surface area contributed by atoms with Gasteiger partial charge >= 0.3 is 0 Å². The van der Waals surface area contributed by atoms with Gasteiger partial charge in [0.1, 0.15) is 5.82 Å². The van der Waals surface area contributed by atoms with Crippen LogP contribution in [0.2, 0.25) is 0 Å². The van der Waals surface area contributed by atoms with Crippen LogP contribution in [-0.2, 0) is 6.42 Å². The largest absolute Gasteiger partial charge is 0.310 e. The molecule has 2 rings (SSSR count). The molecule has 0 spiro atoms. The Hall–Kier alpha value is -1.67. The van der Waals surface area contributed by atoms with Crippen molar-refractivity contribution in [3.8, 4) is 0 Å². The van der Waals surface area contributed by atoms with Crippen LogP contribution in [0.1, 0.15) is 41.6 Å². The number of rotatable bonds is 6. The molecule has 0 bridgehead atoms. The maximum absolute atomic E-state index is 13.1. The van der Waals surface area contributed by atoms with E-state index >= 15 is 0 Å². The highest BCUT2D eigenvalue weighted by molar-refractivity contribution is 5.36. The summed E-state index contributed by atoms with van der Waals surface area (Å²) in [5, 5.41) is 3.62. The maximum atomic E-state index is 13.1. The van der Waals surface area contributed by atoms with Gasteiger partial charge in [0.2, 0.25) is 0 Å². The molecule has 0 heterocycles. The monoisotopic (exact) mass is 285 g/mol. The molecule has 2 aromatic carbocycles. The first-order chi connectivity index (χ1) is 10.1. The average molecular weight is 285 g/mol. The van der Waals surface area contributed by atoms with Crippen LogP contribution in [0.15, 0.2) is 42.5 Å². The van der Waals surface area contributed by atoms with Gasteiger partial charge in [0.15, 0.2) is 0 Å². The lowest BCUT2D eigenvalue weighted by molar-refractivity contribution is 0.526. The van der Waals surface area contributed by atoms with E-state index in [9.17, 15) is 4.39 Å². The molecular formula is C19H24FN. The Morgan fingerprint density at radius 3 is 2.43 bits per heavy atom. The third-order valence-electron chi connectivity index (χ3n) is 4.02. The summed E-state index contributed by atoms with van der Waals surface area (Å²) in [6, 6.07) is 13.6. The molecular weight excluding hydrogens is 261 g/mol. The van der Waals surface area contributed by atoms with Crippen molar-refractivity contribution in [2.24, 2.45) is 0 Å². The Morgan fingerprint density at radius 1 is 1.05 bits per heavy atom. The van der Waals surface area contributed by atoms with Crippen molar-refractivity contribution in [1.29, 1.82) is 0 Å². The molecule has 1 N–H and O–H groups in total. The second-order valence-electron chi connectivity index (χ2n) is 5.63. The summed E-state index contributed by atoms with van der Waals surface area (Å²) in [4.78, 5) is 0. The van der Waals surface area contributed by atoms with Gasteiger partial charge in [0.25, 0.3) is 0 Å². The van der Waals surface area contributed by atoms with Crippen LogP contribution in [0, 0.1) is 19.7 Å². The SMILES string of the molecule is CCCNC(Cc1ccc(F)cc1)c1cccc(C)c1C. The molecule has 1 nitrogen and oxygen atoms in total. The number of hydrogen-bond acceptors (Lipinski definition) is 1. The van der Waals surface area contributed by atoms with Crippen LogP contribution < -0.4 is 5.32 Å². The number of halogens is 1. The quantitative estimate of drug-likeness (QED) is 0.809. The fraction of sp³-hybridized carbons (Fsp3) is 0.368. The molecule has 0 fully saturated rings. The van der Waals surface area contributed by atoms with Crippen molar-refractivity contribution in [3.63, 3.8) is 0 Å². The standard InChI is InChI=1S/C19H24FN/c1-4-12-21-19(13-16-8-10-17(20)11-9-16)18-7-5-6-14(2)15(18)3/h5-11,19,21H,4,12-13H2,1-3H3. The van der Waals surface area contributed by atoms with Gasteiger partial charge in [-0.25, -0.2) is 4.39 Å². The number of aryl methyl sites for hydroxylation is 1. The van der Waals surface area contributed by atoms with Crippen LogP contribution in [0.3, 0.4) is 0 Å². The Balaban J connectivity index is 2.25. The summed E-state index contributed by atoms with van der Waals surface area (Å²) >= 11 is 0. The molecule has 0 amide bonds. The van der Waals surface area contributed by atoms with E-state index in [-0.39, 0.29) is 11.9 Å². The second kappa shape index (κ2) is 7.37. The smallest absolute Gasteiger partial charge is 0.123 e. The van der Waals surface area contributed by atoms with Crippen molar-refractivity contribution < 1.29 is 4.39 Å². The van der Waals surface area contributed by atoms with E-state index in [2.05, 4.69) is 44.3 Å². The predicted molar refractivity (Wildman–Crippen MR) is 87.1 cm³/mol. The van der Waals surface area contributed by atoms with Crippen LogP contribution in [0.4, 0.5) is 4.39 Å². The highest BCUT2D eigenvalue weighted by atomic mass is 19.1. The molecule has 0 aromatic heterocycles. The Morgan fingerprint density at radius 2 is 1.76 bits per heavy atom. The summed E-state index contributed by atoms with van der Waals surface area (Å²) in [6.07, 6.45) is 1.98. The molecule has 2 aromatic rings. The first kappa shape index (κ1) is 15.7. The lowest BCUT2D eigenvalue weighted by atomic mass is 9.93. The second-order valence-corrected chi connectivity index (χ2v) is 5.63. The molecule has 0 saturated heterocycles. The third-order valence-corrected chi connectivity index (χ3v) is 4.02. The molecule has 0 aliphatic rings. The molecule has 1 unspecified atom stereocenters. The van der Waals surface area contributed by atoms with Crippen molar-refractivity contribution in [1.82, 2.24) is 5.32 Å². The summed E-state index contributed by atoms with van der Waals surface area (Å²) in [7, 11) is 0. The zero-order valence-electron chi connectivity index (χ0n) is 13.1. The molecule has 21 heavy (non-hydrogen) atoms. The van der Waals surface area contributed by atoms with Gasteiger partial charge in [-0.1, -0.05) is 37.3 Å². The minimum absolute atomic E-state index is 0.177. The summed E-state index contributed by atoms with van der Waals surface area (Å²) in [5.41, 5.74) is 5.15. The molecule has 0 radical (unpaired) electrons. The van der Waals surface area contributed by atoms with Crippen molar-refractivity contribution in [3.05, 3.63) is 70.5 Å². The van der Waals surface area contributed by atoms with E-state index in [0.29, 0.717) is 0 Å². The topological polar surface area (TPSA) is 12.0 Å². The van der Waals surface area contributed by atoms with Gasteiger partial charge < -0.3 is 5.32 Å². The average Bonchev–Trinajstić information content (AvgIpc) is 2.48. The van der Waals surface area contributed by atoms with Gasteiger partial charge in [-0.15, -0.1) is 0 Å². The highest BCUT2D eigenvalue weighted by Gasteiger charge is 2.14. The van der Waals surface area contributed by atoms with Crippen molar-refractivity contribution in [2.75, 3.05) is 6.54 Å². The van der Waals surface area contributed by atoms with Gasteiger partial charge in [-0.05, 0) is 67.6 Å². The highest BCUT2D eigenvalue weighted by Crippen LogP contribution is 2.24. The van der Waals surface area contributed by atoms with Crippen LogP contribution in [0.25, 0.3) is 0 Å². The van der Waals surface area contributed by atoms with E-state index in [1.54, 1.807) is 0 Å². The Bertz CT molecular complexity index is 575. The van der Waals surface area contributed by atoms with Crippen molar-refractivity contribution in [2.45, 2.75) is 39.7 Å².